The number of carbonyl (C=O) groups is 1. The molecular formula is C17H23N3O2S. The predicted molar refractivity (Wildman–Crippen MR) is 96.3 cm³/mol. The number of fused-ring (bicyclic) bond motifs is 1. The number of hydrogen-bond donors (Lipinski definition) is 2. The smallest absolute Gasteiger partial charge is 0.314 e. The van der Waals surface area contributed by atoms with Gasteiger partial charge >= 0.3 is 6.03 Å². The maximum atomic E-state index is 11.6. The molecule has 124 valence electrons. The van der Waals surface area contributed by atoms with Gasteiger partial charge in [0.1, 0.15) is 0 Å². The lowest BCUT2D eigenvalue weighted by Gasteiger charge is -2.07. The second-order valence-corrected chi connectivity index (χ2v) is 8.27. The zero-order chi connectivity index (χ0) is 16.7. The van der Waals surface area contributed by atoms with Crippen molar-refractivity contribution in [1.82, 2.24) is 10.6 Å². The van der Waals surface area contributed by atoms with Crippen molar-refractivity contribution in [2.75, 3.05) is 32.1 Å². The first-order valence-electron chi connectivity index (χ1n) is 7.56. The second kappa shape index (κ2) is 7.97. The molecule has 2 N–H and O–H groups in total. The number of hydrogen-bond acceptors (Lipinski definition) is 3. The number of nitrogens with one attached hydrogen (secondary N) is 2. The molecule has 2 aromatic carbocycles. The molecule has 0 bridgehead atoms. The Kier molecular flexibility index (Phi) is 5.98. The van der Waals surface area contributed by atoms with E-state index in [-0.39, 0.29) is 6.03 Å². The highest BCUT2D eigenvalue weighted by Crippen LogP contribution is 2.15. The first kappa shape index (κ1) is 17.3. The van der Waals surface area contributed by atoms with Gasteiger partial charge < -0.3 is 10.6 Å². The van der Waals surface area contributed by atoms with Crippen molar-refractivity contribution >= 4 is 26.5 Å². The number of amides is 2. The summed E-state index contributed by atoms with van der Waals surface area (Å²) in [5.41, 5.74) is 1.19. The number of benzene rings is 2. The number of carbonyl (C=O) groups excluding carboxylic acids is 1. The van der Waals surface area contributed by atoms with Crippen LogP contribution >= 0.6 is 0 Å². The largest absolute Gasteiger partial charge is 0.338 e. The lowest BCUT2D eigenvalue weighted by molar-refractivity contribution is 0.241. The molecule has 0 aliphatic carbocycles. The molecule has 5 nitrogen and oxygen atoms in total. The third-order valence-electron chi connectivity index (χ3n) is 3.31. The Hall–Kier alpha value is -2.08. The standard InChI is InChI=1S/C17H23N3O2S/c1-23(2,22)20-12-11-19-17(21)18-10-9-14-7-8-15-5-3-4-6-16(15)13-14/h3-8,13H,9-12H2,1-2H3,(H2,18,19,21). The van der Waals surface area contributed by atoms with Crippen molar-refractivity contribution < 1.29 is 9.00 Å². The monoisotopic (exact) mass is 333 g/mol. The molecule has 2 aromatic rings. The normalized spacial score (nSPS) is 11.2. The van der Waals surface area contributed by atoms with Crippen molar-refractivity contribution in [2.24, 2.45) is 4.36 Å². The van der Waals surface area contributed by atoms with Crippen molar-refractivity contribution in [3.63, 3.8) is 0 Å². The summed E-state index contributed by atoms with van der Waals surface area (Å²) < 4.78 is 15.3. The summed E-state index contributed by atoms with van der Waals surface area (Å²) in [6.45, 7) is 1.32. The van der Waals surface area contributed by atoms with Gasteiger partial charge in [0.25, 0.3) is 0 Å². The molecular weight excluding hydrogens is 310 g/mol. The van der Waals surface area contributed by atoms with E-state index in [2.05, 4.69) is 45.3 Å². The van der Waals surface area contributed by atoms with Gasteiger partial charge in [-0.3, -0.25) is 4.21 Å². The van der Waals surface area contributed by atoms with E-state index >= 15 is 0 Å². The molecule has 0 atom stereocenters. The Morgan fingerprint density at radius 2 is 1.74 bits per heavy atom. The lowest BCUT2D eigenvalue weighted by atomic mass is 10.1. The van der Waals surface area contributed by atoms with Gasteiger partial charge in [0.15, 0.2) is 0 Å². The van der Waals surface area contributed by atoms with Crippen LogP contribution in [0.4, 0.5) is 4.79 Å². The zero-order valence-electron chi connectivity index (χ0n) is 13.5. The van der Waals surface area contributed by atoms with E-state index in [1.807, 2.05) is 12.1 Å². The van der Waals surface area contributed by atoms with E-state index in [1.54, 1.807) is 12.5 Å². The summed E-state index contributed by atoms with van der Waals surface area (Å²) in [5.74, 6) is 0. The van der Waals surface area contributed by atoms with Crippen LogP contribution < -0.4 is 10.6 Å². The topological polar surface area (TPSA) is 70.6 Å². The average molecular weight is 333 g/mol. The number of nitrogens with zero attached hydrogens (tertiary/aromatic N) is 1. The van der Waals surface area contributed by atoms with Gasteiger partial charge in [-0.05, 0) is 22.8 Å². The summed E-state index contributed by atoms with van der Waals surface area (Å²) in [6.07, 6.45) is 3.94. The van der Waals surface area contributed by atoms with E-state index in [4.69, 9.17) is 0 Å². The van der Waals surface area contributed by atoms with Gasteiger partial charge in [-0.25, -0.2) is 9.16 Å². The van der Waals surface area contributed by atoms with E-state index in [9.17, 15) is 9.00 Å². The van der Waals surface area contributed by atoms with Gasteiger partial charge in [-0.15, -0.1) is 0 Å². The molecule has 0 radical (unpaired) electrons. The van der Waals surface area contributed by atoms with Gasteiger partial charge in [-0.1, -0.05) is 42.5 Å². The molecule has 6 heteroatoms. The fourth-order valence-electron chi connectivity index (χ4n) is 2.21. The Morgan fingerprint density at radius 1 is 1.04 bits per heavy atom. The summed E-state index contributed by atoms with van der Waals surface area (Å²) >= 11 is 0. The molecule has 0 fully saturated rings. The molecule has 23 heavy (non-hydrogen) atoms. The fourth-order valence-corrected chi connectivity index (χ4v) is 2.74. The quantitative estimate of drug-likeness (QED) is 0.797. The first-order valence-corrected chi connectivity index (χ1v) is 9.89. The molecule has 2 amide bonds. The van der Waals surface area contributed by atoms with Crippen LogP contribution in [0.1, 0.15) is 5.56 Å². The van der Waals surface area contributed by atoms with Crippen molar-refractivity contribution in [3.8, 4) is 0 Å². The maximum absolute atomic E-state index is 11.6. The fraction of sp³-hybridized carbons (Fsp3) is 0.353. The Balaban J connectivity index is 1.73. The van der Waals surface area contributed by atoms with Crippen LogP contribution in [-0.4, -0.2) is 42.4 Å². The van der Waals surface area contributed by atoms with E-state index in [0.717, 1.165) is 6.42 Å². The van der Waals surface area contributed by atoms with Gasteiger partial charge in [0, 0.05) is 35.3 Å². The Morgan fingerprint density at radius 3 is 2.48 bits per heavy atom. The summed E-state index contributed by atoms with van der Waals surface area (Å²) in [5, 5.41) is 7.94. The second-order valence-electron chi connectivity index (χ2n) is 5.65. The van der Waals surface area contributed by atoms with E-state index < -0.39 is 9.73 Å². The summed E-state index contributed by atoms with van der Waals surface area (Å²) in [6, 6.07) is 14.3. The van der Waals surface area contributed by atoms with Crippen LogP contribution in [0.3, 0.4) is 0 Å². The van der Waals surface area contributed by atoms with Crippen LogP contribution in [0, 0.1) is 0 Å². The molecule has 0 saturated heterocycles. The lowest BCUT2D eigenvalue weighted by Crippen LogP contribution is -2.37. The number of rotatable bonds is 6. The molecule has 0 aliphatic rings. The Bertz CT molecular complexity index is 787. The Labute approximate surface area is 137 Å². The van der Waals surface area contributed by atoms with Gasteiger partial charge in [-0.2, -0.15) is 0 Å². The highest BCUT2D eigenvalue weighted by atomic mass is 32.2. The predicted octanol–water partition coefficient (Wildman–Crippen LogP) is 2.41. The van der Waals surface area contributed by atoms with Crippen LogP contribution in [0.15, 0.2) is 46.8 Å². The van der Waals surface area contributed by atoms with Crippen molar-refractivity contribution in [2.45, 2.75) is 6.42 Å². The molecule has 0 unspecified atom stereocenters. The van der Waals surface area contributed by atoms with Crippen LogP contribution in [0.25, 0.3) is 10.8 Å². The molecule has 0 heterocycles. The summed E-state index contributed by atoms with van der Waals surface area (Å²) in [4.78, 5) is 11.6. The summed E-state index contributed by atoms with van der Waals surface area (Å²) in [7, 11) is -2.09. The van der Waals surface area contributed by atoms with Gasteiger partial charge in [0.05, 0.1) is 6.54 Å². The molecule has 0 aliphatic heterocycles. The van der Waals surface area contributed by atoms with Crippen molar-refractivity contribution in [3.05, 3.63) is 48.0 Å². The van der Waals surface area contributed by atoms with Crippen molar-refractivity contribution in [1.29, 1.82) is 0 Å². The number of urea groups is 1. The zero-order valence-corrected chi connectivity index (χ0v) is 14.4. The molecule has 0 spiro atoms. The first-order chi connectivity index (χ1) is 10.9. The van der Waals surface area contributed by atoms with Crippen LogP contribution in [0.2, 0.25) is 0 Å². The molecule has 0 aromatic heterocycles. The van der Waals surface area contributed by atoms with Crippen LogP contribution in [0.5, 0.6) is 0 Å². The minimum Gasteiger partial charge on any atom is -0.338 e. The highest BCUT2D eigenvalue weighted by molar-refractivity contribution is 7.92. The minimum atomic E-state index is -2.09. The van der Waals surface area contributed by atoms with E-state index in [1.165, 1.54) is 16.3 Å². The third kappa shape index (κ3) is 6.28. The van der Waals surface area contributed by atoms with Crippen LogP contribution in [-0.2, 0) is 16.1 Å². The SMILES string of the molecule is CS(C)(=O)=NCCNC(=O)NCCc1ccc2ccccc2c1. The average Bonchev–Trinajstić information content (AvgIpc) is 2.50. The molecule has 0 saturated carbocycles. The van der Waals surface area contributed by atoms with Gasteiger partial charge in [0.2, 0.25) is 0 Å². The molecule has 2 rings (SSSR count). The minimum absolute atomic E-state index is 0.223. The van der Waals surface area contributed by atoms with E-state index in [0.29, 0.717) is 19.6 Å². The third-order valence-corrected chi connectivity index (χ3v) is 4.12. The maximum Gasteiger partial charge on any atom is 0.314 e. The highest BCUT2D eigenvalue weighted by Gasteiger charge is 2.00.